The van der Waals surface area contributed by atoms with Crippen molar-refractivity contribution in [3.05, 3.63) is 53.3 Å². The first kappa shape index (κ1) is 24.1. The van der Waals surface area contributed by atoms with Gasteiger partial charge in [0.25, 0.3) is 5.91 Å². The lowest BCUT2D eigenvalue weighted by Gasteiger charge is -2.32. The third-order valence-electron chi connectivity index (χ3n) is 6.82. The maximum atomic E-state index is 13.9. The molecule has 1 amide bonds. The van der Waals surface area contributed by atoms with Gasteiger partial charge in [0.2, 0.25) is 0 Å². The van der Waals surface area contributed by atoms with Gasteiger partial charge in [-0.15, -0.1) is 0 Å². The van der Waals surface area contributed by atoms with Crippen LogP contribution in [0.4, 0.5) is 16.0 Å². The Labute approximate surface area is 201 Å². The third-order valence-corrected chi connectivity index (χ3v) is 6.82. The summed E-state index contributed by atoms with van der Waals surface area (Å²) in [5.74, 6) is 0.891. The first-order chi connectivity index (χ1) is 16.5. The number of aromatic nitrogens is 1. The van der Waals surface area contributed by atoms with Crippen molar-refractivity contribution in [3.8, 4) is 0 Å². The molecule has 1 aromatic carbocycles. The molecule has 3 N–H and O–H groups in total. The van der Waals surface area contributed by atoms with Gasteiger partial charge in [-0.2, -0.15) is 0 Å². The van der Waals surface area contributed by atoms with E-state index in [0.29, 0.717) is 23.5 Å². The van der Waals surface area contributed by atoms with Crippen LogP contribution in [0.3, 0.4) is 0 Å². The molecular weight excluding hydrogens is 431 g/mol. The Morgan fingerprint density at radius 2 is 1.76 bits per heavy atom. The number of hydrogen-bond donors (Lipinski definition) is 3. The van der Waals surface area contributed by atoms with E-state index in [0.717, 1.165) is 57.7 Å². The lowest BCUT2D eigenvalue weighted by Crippen LogP contribution is -2.46. The van der Waals surface area contributed by atoms with Crippen molar-refractivity contribution < 1.29 is 9.18 Å². The minimum atomic E-state index is -0.381. The highest BCUT2D eigenvalue weighted by molar-refractivity contribution is 6.45. The number of benzene rings is 1. The van der Waals surface area contributed by atoms with Crippen molar-refractivity contribution >= 4 is 23.3 Å². The summed E-state index contributed by atoms with van der Waals surface area (Å²) >= 11 is 0. The van der Waals surface area contributed by atoms with E-state index in [9.17, 15) is 9.18 Å². The molecule has 0 aliphatic carbocycles. The van der Waals surface area contributed by atoms with Crippen molar-refractivity contribution in [2.75, 3.05) is 43.4 Å². The van der Waals surface area contributed by atoms with Gasteiger partial charge in [0.15, 0.2) is 0 Å². The van der Waals surface area contributed by atoms with Crippen molar-refractivity contribution in [2.45, 2.75) is 51.1 Å². The summed E-state index contributed by atoms with van der Waals surface area (Å²) in [6.45, 7) is 4.11. The molecule has 2 aliphatic heterocycles. The Morgan fingerprint density at radius 1 is 1.06 bits per heavy atom. The van der Waals surface area contributed by atoms with E-state index in [2.05, 4.69) is 20.4 Å². The van der Waals surface area contributed by atoms with Gasteiger partial charge in [-0.3, -0.25) is 15.1 Å². The van der Waals surface area contributed by atoms with Crippen LogP contribution < -0.4 is 15.5 Å². The Balaban J connectivity index is 1.33. The SMILES string of the molecule is CNc1nc(N2CCCCCC2)ccc1C(=N)C(=O)NC1CCN(Cc2ccccc2F)CC1. The van der Waals surface area contributed by atoms with Crippen molar-refractivity contribution in [3.63, 3.8) is 0 Å². The van der Waals surface area contributed by atoms with Gasteiger partial charge < -0.3 is 15.5 Å². The molecule has 7 nitrogen and oxygen atoms in total. The van der Waals surface area contributed by atoms with Gasteiger partial charge in [-0.05, 0) is 43.9 Å². The van der Waals surface area contributed by atoms with Gasteiger partial charge in [-0.25, -0.2) is 9.37 Å². The monoisotopic (exact) mass is 466 g/mol. The highest BCUT2D eigenvalue weighted by Crippen LogP contribution is 2.23. The molecule has 2 fully saturated rings. The lowest BCUT2D eigenvalue weighted by atomic mass is 10.0. The predicted molar refractivity (Wildman–Crippen MR) is 134 cm³/mol. The molecule has 8 heteroatoms. The van der Waals surface area contributed by atoms with E-state index in [1.807, 2.05) is 24.3 Å². The second kappa shape index (κ2) is 11.4. The standard InChI is InChI=1S/C26H35FN6O/c1-29-25-21(10-11-23(31-25)33-14-6-2-3-7-15-33)24(28)26(34)30-20-12-16-32(17-13-20)18-19-8-4-5-9-22(19)27/h4-5,8-11,20,28H,2-3,6-7,12-18H2,1H3,(H,29,31)(H,30,34). The van der Waals surface area contributed by atoms with E-state index in [-0.39, 0.29) is 23.5 Å². The molecule has 1 aromatic heterocycles. The summed E-state index contributed by atoms with van der Waals surface area (Å²) in [6, 6.07) is 10.6. The van der Waals surface area contributed by atoms with E-state index in [1.165, 1.54) is 18.9 Å². The summed E-state index contributed by atoms with van der Waals surface area (Å²) in [5.41, 5.74) is 1.13. The first-order valence-corrected chi connectivity index (χ1v) is 12.3. The molecule has 0 spiro atoms. The summed E-state index contributed by atoms with van der Waals surface area (Å²) in [4.78, 5) is 22.1. The van der Waals surface area contributed by atoms with Crippen LogP contribution in [-0.4, -0.2) is 60.8 Å². The topological polar surface area (TPSA) is 84.4 Å². The third kappa shape index (κ3) is 5.91. The van der Waals surface area contributed by atoms with Crippen LogP contribution in [0.1, 0.15) is 49.7 Å². The van der Waals surface area contributed by atoms with Crippen LogP contribution in [0.5, 0.6) is 0 Å². The van der Waals surface area contributed by atoms with Gasteiger partial charge >= 0.3 is 0 Å². The smallest absolute Gasteiger partial charge is 0.270 e. The molecular formula is C26H35FN6O. The highest BCUT2D eigenvalue weighted by atomic mass is 19.1. The maximum absolute atomic E-state index is 13.9. The number of hydrogen-bond acceptors (Lipinski definition) is 6. The molecule has 0 bridgehead atoms. The molecule has 2 aromatic rings. The first-order valence-electron chi connectivity index (χ1n) is 12.3. The summed E-state index contributed by atoms with van der Waals surface area (Å²) in [6.07, 6.45) is 6.38. The fourth-order valence-electron chi connectivity index (χ4n) is 4.80. The Hall–Kier alpha value is -3.00. The number of anilines is 2. The van der Waals surface area contributed by atoms with Crippen LogP contribution >= 0.6 is 0 Å². The number of pyridine rings is 1. The highest BCUT2D eigenvalue weighted by Gasteiger charge is 2.25. The number of carbonyl (C=O) groups is 1. The van der Waals surface area contributed by atoms with E-state index in [4.69, 9.17) is 10.4 Å². The number of rotatable bonds is 7. The van der Waals surface area contributed by atoms with Crippen LogP contribution in [0.15, 0.2) is 36.4 Å². The number of likely N-dealkylation sites (tertiary alicyclic amines) is 1. The van der Waals surface area contributed by atoms with Gasteiger partial charge in [-0.1, -0.05) is 31.0 Å². The lowest BCUT2D eigenvalue weighted by molar-refractivity contribution is -0.115. The summed E-state index contributed by atoms with van der Waals surface area (Å²) in [7, 11) is 1.77. The zero-order valence-electron chi connectivity index (χ0n) is 19.9. The molecule has 0 atom stereocenters. The van der Waals surface area contributed by atoms with E-state index >= 15 is 0 Å². The molecule has 0 radical (unpaired) electrons. The summed E-state index contributed by atoms with van der Waals surface area (Å²) < 4.78 is 13.9. The maximum Gasteiger partial charge on any atom is 0.270 e. The number of carbonyl (C=O) groups excluding carboxylic acids is 1. The number of amides is 1. The molecule has 0 saturated carbocycles. The molecule has 2 saturated heterocycles. The Morgan fingerprint density at radius 3 is 2.44 bits per heavy atom. The Kier molecular flexibility index (Phi) is 8.11. The number of nitrogens with zero attached hydrogens (tertiary/aromatic N) is 3. The van der Waals surface area contributed by atoms with Gasteiger partial charge in [0, 0.05) is 56.9 Å². The predicted octanol–water partition coefficient (Wildman–Crippen LogP) is 3.79. The molecule has 4 rings (SSSR count). The van der Waals surface area contributed by atoms with Crippen molar-refractivity contribution in [2.24, 2.45) is 0 Å². The molecule has 3 heterocycles. The number of halogens is 1. The van der Waals surface area contributed by atoms with E-state index < -0.39 is 0 Å². The second-order valence-electron chi connectivity index (χ2n) is 9.21. The molecule has 182 valence electrons. The second-order valence-corrected chi connectivity index (χ2v) is 9.21. The fraction of sp³-hybridized carbons (Fsp3) is 0.500. The van der Waals surface area contributed by atoms with Crippen LogP contribution in [0.2, 0.25) is 0 Å². The number of nitrogens with one attached hydrogen (secondary N) is 3. The average molecular weight is 467 g/mol. The van der Waals surface area contributed by atoms with Crippen LogP contribution in [0, 0.1) is 11.2 Å². The van der Waals surface area contributed by atoms with E-state index in [1.54, 1.807) is 13.1 Å². The van der Waals surface area contributed by atoms with Gasteiger partial charge in [0.1, 0.15) is 23.2 Å². The molecule has 2 aliphatic rings. The minimum Gasteiger partial charge on any atom is -0.373 e. The largest absolute Gasteiger partial charge is 0.373 e. The molecule has 34 heavy (non-hydrogen) atoms. The van der Waals surface area contributed by atoms with Crippen molar-refractivity contribution in [1.82, 2.24) is 15.2 Å². The summed E-state index contributed by atoms with van der Waals surface area (Å²) in [5, 5.41) is 14.6. The average Bonchev–Trinajstić information content (AvgIpc) is 3.15. The zero-order valence-corrected chi connectivity index (χ0v) is 19.9. The fourth-order valence-corrected chi connectivity index (χ4v) is 4.80. The molecule has 0 unspecified atom stereocenters. The van der Waals surface area contributed by atoms with Gasteiger partial charge in [0.05, 0.1) is 0 Å². The quantitative estimate of drug-likeness (QED) is 0.541. The Bertz CT molecular complexity index is 997. The van der Waals surface area contributed by atoms with Crippen molar-refractivity contribution in [1.29, 1.82) is 5.41 Å². The normalized spacial score (nSPS) is 17.8. The zero-order chi connectivity index (χ0) is 23.9. The van der Waals surface area contributed by atoms with Crippen LogP contribution in [-0.2, 0) is 11.3 Å². The number of piperidine rings is 1. The van der Waals surface area contributed by atoms with Crippen LogP contribution in [0.25, 0.3) is 0 Å². The minimum absolute atomic E-state index is 0.00656.